The van der Waals surface area contributed by atoms with E-state index in [1.165, 1.54) is 28.0 Å². The minimum absolute atomic E-state index is 0.304. The number of carboxylic acids is 1. The molecule has 1 aromatic heterocycles. The van der Waals surface area contributed by atoms with Gasteiger partial charge in [-0.3, -0.25) is 9.69 Å². The van der Waals surface area contributed by atoms with Crippen molar-refractivity contribution in [3.8, 4) is 0 Å². The van der Waals surface area contributed by atoms with E-state index in [-0.39, 0.29) is 5.91 Å². The first kappa shape index (κ1) is 16.2. The van der Waals surface area contributed by atoms with E-state index in [0.29, 0.717) is 15.6 Å². The Balaban J connectivity index is 2.22. The van der Waals surface area contributed by atoms with Crippen LogP contribution in [0.5, 0.6) is 0 Å². The highest BCUT2D eigenvalue weighted by Gasteiger charge is 2.40. The molecule has 1 aromatic rings. The Kier molecular flexibility index (Phi) is 5.55. The fraction of sp³-hybridized carbons (Fsp3) is 0.357. The van der Waals surface area contributed by atoms with Gasteiger partial charge in [0.05, 0.1) is 4.91 Å². The van der Waals surface area contributed by atoms with E-state index in [1.54, 1.807) is 6.08 Å². The van der Waals surface area contributed by atoms with Crippen LogP contribution in [0.3, 0.4) is 0 Å². The Labute approximate surface area is 136 Å². The molecule has 112 valence electrons. The van der Waals surface area contributed by atoms with Crippen LogP contribution in [0.1, 0.15) is 31.1 Å². The number of hydrogen-bond donors (Lipinski definition) is 1. The van der Waals surface area contributed by atoms with Crippen LogP contribution in [-0.2, 0) is 9.59 Å². The number of thiocarbonyl (C=S) groups is 1. The molecule has 4 nitrogen and oxygen atoms in total. The molecule has 1 unspecified atom stereocenters. The van der Waals surface area contributed by atoms with Gasteiger partial charge in [-0.1, -0.05) is 49.8 Å². The molecule has 0 spiro atoms. The number of aliphatic carboxylic acids is 1. The number of thiophene rings is 1. The van der Waals surface area contributed by atoms with Crippen LogP contribution in [-0.4, -0.2) is 32.2 Å². The van der Waals surface area contributed by atoms with Gasteiger partial charge in [0.2, 0.25) is 0 Å². The summed E-state index contributed by atoms with van der Waals surface area (Å²) in [6, 6.07) is 2.94. The number of carbonyl (C=O) groups excluding carboxylic acids is 1. The monoisotopic (exact) mass is 341 g/mol. The quantitative estimate of drug-likeness (QED) is 0.633. The number of carbonyl (C=O) groups is 2. The number of thioether (sulfide) groups is 1. The summed E-state index contributed by atoms with van der Waals surface area (Å²) in [4.78, 5) is 26.6. The molecular formula is C14H15NO3S3. The van der Waals surface area contributed by atoms with E-state index < -0.39 is 12.0 Å². The van der Waals surface area contributed by atoms with Crippen molar-refractivity contribution in [1.29, 1.82) is 0 Å². The fourth-order valence-corrected chi connectivity index (χ4v) is 4.09. The van der Waals surface area contributed by atoms with Crippen molar-refractivity contribution in [2.24, 2.45) is 0 Å². The Hall–Kier alpha value is -1.18. The highest BCUT2D eigenvalue weighted by Crippen LogP contribution is 2.35. The molecule has 1 saturated heterocycles. The Morgan fingerprint density at radius 2 is 2.33 bits per heavy atom. The fourth-order valence-electron chi connectivity index (χ4n) is 2.01. The number of rotatable bonds is 6. The molecule has 0 saturated carbocycles. The first-order chi connectivity index (χ1) is 10.0. The maximum Gasteiger partial charge on any atom is 0.326 e. The van der Waals surface area contributed by atoms with Crippen LogP contribution in [0, 0.1) is 0 Å². The lowest BCUT2D eigenvalue weighted by Crippen LogP contribution is -2.43. The van der Waals surface area contributed by atoms with Crippen LogP contribution >= 0.6 is 35.3 Å². The molecule has 2 rings (SSSR count). The number of amides is 1. The van der Waals surface area contributed by atoms with E-state index in [9.17, 15) is 14.7 Å². The van der Waals surface area contributed by atoms with Gasteiger partial charge in [-0.25, -0.2) is 4.79 Å². The molecule has 0 bridgehead atoms. The third-order valence-electron chi connectivity index (χ3n) is 3.07. The molecule has 7 heteroatoms. The van der Waals surface area contributed by atoms with Crippen molar-refractivity contribution in [3.63, 3.8) is 0 Å². The topological polar surface area (TPSA) is 57.6 Å². The average Bonchev–Trinajstić information content (AvgIpc) is 3.02. The normalized spacial score (nSPS) is 18.5. The van der Waals surface area contributed by atoms with E-state index in [1.807, 2.05) is 24.4 Å². The average molecular weight is 341 g/mol. The minimum atomic E-state index is -1.00. The van der Waals surface area contributed by atoms with Crippen molar-refractivity contribution in [2.45, 2.75) is 32.2 Å². The highest BCUT2D eigenvalue weighted by molar-refractivity contribution is 8.26. The third-order valence-corrected chi connectivity index (χ3v) is 5.22. The van der Waals surface area contributed by atoms with Gasteiger partial charge in [-0.15, -0.1) is 11.3 Å². The minimum Gasteiger partial charge on any atom is -0.480 e. The Morgan fingerprint density at radius 3 is 2.90 bits per heavy atom. The summed E-state index contributed by atoms with van der Waals surface area (Å²) in [5.41, 5.74) is 0. The highest BCUT2D eigenvalue weighted by atomic mass is 32.2. The van der Waals surface area contributed by atoms with Gasteiger partial charge >= 0.3 is 5.97 Å². The zero-order valence-electron chi connectivity index (χ0n) is 11.4. The third kappa shape index (κ3) is 3.72. The van der Waals surface area contributed by atoms with Crippen LogP contribution in [0.25, 0.3) is 6.08 Å². The molecule has 0 radical (unpaired) electrons. The van der Waals surface area contributed by atoms with Gasteiger partial charge in [0.1, 0.15) is 10.4 Å². The van der Waals surface area contributed by atoms with Crippen molar-refractivity contribution in [1.82, 2.24) is 4.90 Å². The molecule has 2 heterocycles. The maximum absolute atomic E-state index is 12.4. The molecule has 21 heavy (non-hydrogen) atoms. The first-order valence-corrected chi connectivity index (χ1v) is 8.68. The SMILES string of the molecule is CCCCC(C(=O)O)N1C(=O)/C(=C\c2cccs2)SC1=S. The summed E-state index contributed by atoms with van der Waals surface area (Å²) in [5.74, 6) is -1.31. The van der Waals surface area contributed by atoms with Crippen LogP contribution in [0.15, 0.2) is 22.4 Å². The van der Waals surface area contributed by atoms with Gasteiger partial charge in [-0.2, -0.15) is 0 Å². The molecule has 0 aromatic carbocycles. The number of hydrogen-bond acceptors (Lipinski definition) is 5. The summed E-state index contributed by atoms with van der Waals surface area (Å²) < 4.78 is 0.325. The molecule has 0 aliphatic carbocycles. The molecule has 1 amide bonds. The Morgan fingerprint density at radius 1 is 1.57 bits per heavy atom. The lowest BCUT2D eigenvalue weighted by Gasteiger charge is -2.22. The standard InChI is InChI=1S/C14H15NO3S3/c1-2-3-6-10(13(17)18)15-12(16)11(21-14(15)19)8-9-5-4-7-20-9/h4-5,7-8,10H,2-3,6H2,1H3,(H,17,18)/b11-8+. The van der Waals surface area contributed by atoms with Gasteiger partial charge in [-0.05, 0) is 23.9 Å². The van der Waals surface area contributed by atoms with E-state index >= 15 is 0 Å². The summed E-state index contributed by atoms with van der Waals surface area (Å²) in [6.45, 7) is 1.99. The second-order valence-corrected chi connectivity index (χ2v) is 7.22. The summed E-state index contributed by atoms with van der Waals surface area (Å²) in [6.07, 6.45) is 3.81. The maximum atomic E-state index is 12.4. The smallest absolute Gasteiger partial charge is 0.326 e. The number of unbranched alkanes of at least 4 members (excludes halogenated alkanes) is 1. The Bertz CT molecular complexity index is 580. The first-order valence-electron chi connectivity index (χ1n) is 6.58. The second-order valence-electron chi connectivity index (χ2n) is 4.56. The summed E-state index contributed by atoms with van der Waals surface area (Å²) in [5, 5.41) is 11.3. The van der Waals surface area contributed by atoms with E-state index in [0.717, 1.165) is 17.7 Å². The second kappa shape index (κ2) is 7.20. The predicted octanol–water partition coefficient (Wildman–Crippen LogP) is 3.59. The molecule has 1 aliphatic heterocycles. The molecular weight excluding hydrogens is 326 g/mol. The van der Waals surface area contributed by atoms with Gasteiger partial charge in [0.15, 0.2) is 0 Å². The predicted molar refractivity (Wildman–Crippen MR) is 90.3 cm³/mol. The zero-order chi connectivity index (χ0) is 15.4. The lowest BCUT2D eigenvalue weighted by molar-refractivity contribution is -0.145. The van der Waals surface area contributed by atoms with Crippen LogP contribution in [0.2, 0.25) is 0 Å². The molecule has 1 atom stereocenters. The van der Waals surface area contributed by atoms with Crippen molar-refractivity contribution < 1.29 is 14.7 Å². The molecule has 1 fully saturated rings. The van der Waals surface area contributed by atoms with Gasteiger partial charge in [0.25, 0.3) is 5.91 Å². The summed E-state index contributed by atoms with van der Waals surface area (Å²) >= 11 is 7.90. The largest absolute Gasteiger partial charge is 0.480 e. The van der Waals surface area contributed by atoms with Crippen molar-refractivity contribution >= 4 is 57.6 Å². The van der Waals surface area contributed by atoms with Crippen LogP contribution in [0.4, 0.5) is 0 Å². The zero-order valence-corrected chi connectivity index (χ0v) is 13.9. The van der Waals surface area contributed by atoms with Crippen LogP contribution < -0.4 is 0 Å². The summed E-state index contributed by atoms with van der Waals surface area (Å²) in [7, 11) is 0. The van der Waals surface area contributed by atoms with E-state index in [4.69, 9.17) is 12.2 Å². The van der Waals surface area contributed by atoms with Gasteiger partial charge < -0.3 is 5.11 Å². The van der Waals surface area contributed by atoms with E-state index in [2.05, 4.69) is 0 Å². The molecule has 1 N–H and O–H groups in total. The lowest BCUT2D eigenvalue weighted by atomic mass is 10.1. The van der Waals surface area contributed by atoms with Gasteiger partial charge in [0, 0.05) is 4.88 Å². The molecule has 1 aliphatic rings. The van der Waals surface area contributed by atoms with Crippen molar-refractivity contribution in [3.05, 3.63) is 27.3 Å². The van der Waals surface area contributed by atoms with Crippen molar-refractivity contribution in [2.75, 3.05) is 0 Å². The number of nitrogens with zero attached hydrogens (tertiary/aromatic N) is 1. The number of carboxylic acid groups (broad SMARTS) is 1.